The van der Waals surface area contributed by atoms with Gasteiger partial charge < -0.3 is 5.11 Å². The molecular weight excluding hydrogens is 326 g/mol. The summed E-state index contributed by atoms with van der Waals surface area (Å²) in [4.78, 5) is 24.9. The van der Waals surface area contributed by atoms with Gasteiger partial charge in [0.15, 0.2) is 5.65 Å². The molecule has 126 valence electrons. The van der Waals surface area contributed by atoms with Crippen LogP contribution < -0.4 is 0 Å². The number of hydrogen-bond donors (Lipinski definition) is 1. The summed E-state index contributed by atoms with van der Waals surface area (Å²) in [6, 6.07) is 18.4. The molecule has 4 rings (SSSR count). The molecule has 0 aliphatic rings. The molecular formula is C21H15N3O2. The predicted octanol–water partition coefficient (Wildman–Crippen LogP) is 3.91. The Hall–Kier alpha value is -3.60. The van der Waals surface area contributed by atoms with Crippen molar-refractivity contribution in [3.05, 3.63) is 90.4 Å². The third-order valence-corrected chi connectivity index (χ3v) is 4.29. The Kier molecular flexibility index (Phi) is 4.11. The standard InChI is InChI=1S/C21H15N3O2/c25-21(26)19(14-5-2-1-3-6-14)15-8-11-22-18(13-15)16-9-12-24-20-17(16)7-4-10-23-20/h1-13,19H,(H,25,26). The summed E-state index contributed by atoms with van der Waals surface area (Å²) in [6.45, 7) is 0. The van der Waals surface area contributed by atoms with E-state index in [4.69, 9.17) is 0 Å². The van der Waals surface area contributed by atoms with E-state index in [-0.39, 0.29) is 0 Å². The van der Waals surface area contributed by atoms with Gasteiger partial charge in [-0.3, -0.25) is 9.78 Å². The SMILES string of the molecule is O=C(O)C(c1ccccc1)c1ccnc(-c2ccnc3ncccc23)c1. The Bertz CT molecular complexity index is 1080. The van der Waals surface area contributed by atoms with E-state index in [0.29, 0.717) is 16.9 Å². The average molecular weight is 341 g/mol. The molecule has 1 N–H and O–H groups in total. The van der Waals surface area contributed by atoms with Crippen molar-refractivity contribution in [3.8, 4) is 11.3 Å². The summed E-state index contributed by atoms with van der Waals surface area (Å²) < 4.78 is 0. The zero-order valence-corrected chi connectivity index (χ0v) is 13.8. The highest BCUT2D eigenvalue weighted by Gasteiger charge is 2.22. The molecule has 0 aliphatic heterocycles. The van der Waals surface area contributed by atoms with E-state index in [0.717, 1.165) is 16.5 Å². The second-order valence-electron chi connectivity index (χ2n) is 5.89. The van der Waals surface area contributed by atoms with Crippen molar-refractivity contribution in [3.63, 3.8) is 0 Å². The molecule has 26 heavy (non-hydrogen) atoms. The molecule has 0 bridgehead atoms. The zero-order chi connectivity index (χ0) is 17.9. The number of fused-ring (bicyclic) bond motifs is 1. The molecule has 0 radical (unpaired) electrons. The lowest BCUT2D eigenvalue weighted by Gasteiger charge is -2.14. The van der Waals surface area contributed by atoms with Gasteiger partial charge in [-0.1, -0.05) is 30.3 Å². The molecule has 0 spiro atoms. The number of benzene rings is 1. The number of aliphatic carboxylic acids is 1. The normalized spacial score (nSPS) is 12.0. The molecule has 0 saturated carbocycles. The third kappa shape index (κ3) is 2.91. The van der Waals surface area contributed by atoms with Gasteiger partial charge in [0.2, 0.25) is 0 Å². The molecule has 0 aliphatic carbocycles. The Balaban J connectivity index is 1.85. The van der Waals surface area contributed by atoms with Gasteiger partial charge in [0.05, 0.1) is 5.69 Å². The van der Waals surface area contributed by atoms with E-state index in [1.807, 2.05) is 54.6 Å². The van der Waals surface area contributed by atoms with Crippen LogP contribution in [0.3, 0.4) is 0 Å². The lowest BCUT2D eigenvalue weighted by atomic mass is 9.91. The predicted molar refractivity (Wildman–Crippen MR) is 98.7 cm³/mol. The number of pyridine rings is 3. The summed E-state index contributed by atoms with van der Waals surface area (Å²) in [7, 11) is 0. The highest BCUT2D eigenvalue weighted by Crippen LogP contribution is 2.30. The van der Waals surface area contributed by atoms with Gasteiger partial charge in [-0.25, -0.2) is 9.97 Å². The highest BCUT2D eigenvalue weighted by atomic mass is 16.4. The van der Waals surface area contributed by atoms with E-state index in [1.54, 1.807) is 24.7 Å². The summed E-state index contributed by atoms with van der Waals surface area (Å²) in [5.41, 5.74) is 3.63. The minimum absolute atomic E-state index is 0.634. The first-order valence-electron chi connectivity index (χ1n) is 8.18. The van der Waals surface area contributed by atoms with Crippen LogP contribution in [-0.4, -0.2) is 26.0 Å². The van der Waals surface area contributed by atoms with Crippen molar-refractivity contribution in [1.82, 2.24) is 15.0 Å². The summed E-state index contributed by atoms with van der Waals surface area (Å²) in [6.07, 6.45) is 5.02. The van der Waals surface area contributed by atoms with Gasteiger partial charge in [0.1, 0.15) is 5.92 Å². The smallest absolute Gasteiger partial charge is 0.315 e. The number of aromatic nitrogens is 3. The Morgan fingerprint density at radius 3 is 2.38 bits per heavy atom. The summed E-state index contributed by atoms with van der Waals surface area (Å²) in [5.74, 6) is -1.64. The van der Waals surface area contributed by atoms with Crippen LogP contribution in [0.15, 0.2) is 79.3 Å². The highest BCUT2D eigenvalue weighted by molar-refractivity contribution is 5.91. The van der Waals surface area contributed by atoms with Gasteiger partial charge in [0.25, 0.3) is 0 Å². The molecule has 4 aromatic rings. The number of hydrogen-bond acceptors (Lipinski definition) is 4. The van der Waals surface area contributed by atoms with Crippen LogP contribution in [0, 0.1) is 0 Å². The van der Waals surface area contributed by atoms with Crippen LogP contribution in [0.1, 0.15) is 17.0 Å². The van der Waals surface area contributed by atoms with E-state index in [9.17, 15) is 9.90 Å². The zero-order valence-electron chi connectivity index (χ0n) is 13.8. The number of rotatable bonds is 4. The lowest BCUT2D eigenvalue weighted by Crippen LogP contribution is -2.13. The summed E-state index contributed by atoms with van der Waals surface area (Å²) in [5, 5.41) is 10.7. The van der Waals surface area contributed by atoms with Gasteiger partial charge >= 0.3 is 5.97 Å². The summed E-state index contributed by atoms with van der Waals surface area (Å²) >= 11 is 0. The first-order valence-corrected chi connectivity index (χ1v) is 8.18. The van der Waals surface area contributed by atoms with Gasteiger partial charge in [-0.2, -0.15) is 0 Å². The molecule has 3 aromatic heterocycles. The first-order chi connectivity index (χ1) is 12.7. The average Bonchev–Trinajstić information content (AvgIpc) is 2.68. The molecule has 0 saturated heterocycles. The fourth-order valence-corrected chi connectivity index (χ4v) is 3.10. The monoisotopic (exact) mass is 341 g/mol. The largest absolute Gasteiger partial charge is 0.481 e. The van der Waals surface area contributed by atoms with E-state index < -0.39 is 11.9 Å². The van der Waals surface area contributed by atoms with E-state index in [1.165, 1.54) is 0 Å². The van der Waals surface area contributed by atoms with Crippen LogP contribution >= 0.6 is 0 Å². The number of nitrogens with zero attached hydrogens (tertiary/aromatic N) is 3. The third-order valence-electron chi connectivity index (χ3n) is 4.29. The van der Waals surface area contributed by atoms with E-state index >= 15 is 0 Å². The maximum Gasteiger partial charge on any atom is 0.315 e. The van der Waals surface area contributed by atoms with Crippen molar-refractivity contribution < 1.29 is 9.90 Å². The quantitative estimate of drug-likeness (QED) is 0.609. The van der Waals surface area contributed by atoms with Crippen molar-refractivity contribution >= 4 is 17.0 Å². The maximum atomic E-state index is 11.9. The van der Waals surface area contributed by atoms with Crippen LogP contribution in [0.4, 0.5) is 0 Å². The van der Waals surface area contributed by atoms with Gasteiger partial charge in [-0.15, -0.1) is 0 Å². The first kappa shape index (κ1) is 15.9. The number of carboxylic acid groups (broad SMARTS) is 1. The fraction of sp³-hybridized carbons (Fsp3) is 0.0476. The lowest BCUT2D eigenvalue weighted by molar-refractivity contribution is -0.137. The van der Waals surface area contributed by atoms with Crippen molar-refractivity contribution in [2.75, 3.05) is 0 Å². The van der Waals surface area contributed by atoms with E-state index in [2.05, 4.69) is 15.0 Å². The second-order valence-corrected chi connectivity index (χ2v) is 5.89. The molecule has 1 atom stereocenters. The van der Waals surface area contributed by atoms with Crippen molar-refractivity contribution in [2.45, 2.75) is 5.92 Å². The molecule has 5 nitrogen and oxygen atoms in total. The maximum absolute atomic E-state index is 11.9. The van der Waals surface area contributed by atoms with Crippen LogP contribution in [-0.2, 0) is 4.79 Å². The Morgan fingerprint density at radius 1 is 0.808 bits per heavy atom. The van der Waals surface area contributed by atoms with Crippen LogP contribution in [0.5, 0.6) is 0 Å². The van der Waals surface area contributed by atoms with Crippen LogP contribution in [0.2, 0.25) is 0 Å². The topological polar surface area (TPSA) is 76.0 Å². The Labute approximate surface area is 150 Å². The molecule has 5 heteroatoms. The van der Waals surface area contributed by atoms with Crippen molar-refractivity contribution in [2.24, 2.45) is 0 Å². The molecule has 0 fully saturated rings. The number of carbonyl (C=O) groups is 1. The minimum Gasteiger partial charge on any atom is -0.481 e. The Morgan fingerprint density at radius 2 is 1.58 bits per heavy atom. The second kappa shape index (κ2) is 6.72. The fourth-order valence-electron chi connectivity index (χ4n) is 3.10. The van der Waals surface area contributed by atoms with Gasteiger partial charge in [0, 0.05) is 29.5 Å². The minimum atomic E-state index is -0.894. The van der Waals surface area contributed by atoms with Crippen molar-refractivity contribution in [1.29, 1.82) is 0 Å². The van der Waals surface area contributed by atoms with Crippen LogP contribution in [0.25, 0.3) is 22.3 Å². The number of carboxylic acids is 1. The molecule has 0 amide bonds. The molecule has 1 aromatic carbocycles. The molecule has 1 unspecified atom stereocenters. The van der Waals surface area contributed by atoms with Gasteiger partial charge in [-0.05, 0) is 41.5 Å². The molecule has 3 heterocycles.